The fourth-order valence-corrected chi connectivity index (χ4v) is 3.12. The molecule has 2 aromatic rings. The number of hydrogen-bond acceptors (Lipinski definition) is 1. The number of hydrogen-bond donors (Lipinski definition) is 1. The normalized spacial score (nSPS) is 12.4. The van der Waals surface area contributed by atoms with Gasteiger partial charge in [0, 0.05) is 10.5 Å². The Labute approximate surface area is 138 Å². The molecular formula is C17H18BrClFN. The Hall–Kier alpha value is -0.900. The molecule has 0 radical (unpaired) electrons. The van der Waals surface area contributed by atoms with Gasteiger partial charge >= 0.3 is 0 Å². The maximum absolute atomic E-state index is 13.3. The summed E-state index contributed by atoms with van der Waals surface area (Å²) in [6.45, 7) is 5.01. The highest BCUT2D eigenvalue weighted by Gasteiger charge is 2.15. The topological polar surface area (TPSA) is 12.0 Å². The minimum absolute atomic E-state index is 0.158. The Morgan fingerprint density at radius 1 is 1.29 bits per heavy atom. The summed E-state index contributed by atoms with van der Waals surface area (Å²) in [5.74, 6) is -0.378. The average Bonchev–Trinajstić information content (AvgIpc) is 2.45. The molecule has 0 bridgehead atoms. The van der Waals surface area contributed by atoms with E-state index in [9.17, 15) is 4.39 Å². The van der Waals surface area contributed by atoms with Gasteiger partial charge in [0.05, 0.1) is 5.02 Å². The van der Waals surface area contributed by atoms with Gasteiger partial charge in [-0.25, -0.2) is 4.39 Å². The first-order valence-electron chi connectivity index (χ1n) is 6.95. The molecule has 2 aromatic carbocycles. The molecule has 0 aliphatic rings. The van der Waals surface area contributed by atoms with E-state index in [0.29, 0.717) is 0 Å². The van der Waals surface area contributed by atoms with E-state index in [0.717, 1.165) is 23.0 Å². The maximum atomic E-state index is 13.3. The maximum Gasteiger partial charge on any atom is 0.141 e. The van der Waals surface area contributed by atoms with Crippen LogP contribution in [0.15, 0.2) is 40.9 Å². The number of likely N-dealkylation sites (N-methyl/N-ethyl adjacent to an activating group) is 1. The first kappa shape index (κ1) is 16.5. The van der Waals surface area contributed by atoms with E-state index in [4.69, 9.17) is 11.6 Å². The van der Waals surface area contributed by atoms with Crippen LogP contribution in [0, 0.1) is 12.7 Å². The van der Waals surface area contributed by atoms with Crippen LogP contribution >= 0.6 is 27.5 Å². The second kappa shape index (κ2) is 7.39. The summed E-state index contributed by atoms with van der Waals surface area (Å²) in [5, 5.41) is 3.65. The molecule has 0 saturated carbocycles. The van der Waals surface area contributed by atoms with Gasteiger partial charge in [-0.3, -0.25) is 0 Å². The zero-order valence-corrected chi connectivity index (χ0v) is 14.4. The van der Waals surface area contributed by atoms with E-state index in [-0.39, 0.29) is 16.9 Å². The minimum atomic E-state index is -0.378. The third-order valence-electron chi connectivity index (χ3n) is 3.47. The molecule has 0 fully saturated rings. The first-order chi connectivity index (χ1) is 10.0. The molecule has 1 unspecified atom stereocenters. The SMILES string of the molecule is CCNC(Cc1ccc(F)c(Cl)c1)c1cccc(C)c1Br. The second-order valence-corrected chi connectivity index (χ2v) is 6.24. The van der Waals surface area contributed by atoms with Gasteiger partial charge in [0.2, 0.25) is 0 Å². The Balaban J connectivity index is 2.30. The van der Waals surface area contributed by atoms with Crippen LogP contribution in [0.5, 0.6) is 0 Å². The van der Waals surface area contributed by atoms with E-state index in [1.165, 1.54) is 17.2 Å². The quantitative estimate of drug-likeness (QED) is 0.738. The van der Waals surface area contributed by atoms with Crippen LogP contribution in [0.1, 0.15) is 29.7 Å². The summed E-state index contributed by atoms with van der Waals surface area (Å²) >= 11 is 9.54. The summed E-state index contributed by atoms with van der Waals surface area (Å²) in [6.07, 6.45) is 0.760. The molecular weight excluding hydrogens is 353 g/mol. The molecule has 0 aliphatic carbocycles. The van der Waals surface area contributed by atoms with Crippen LogP contribution in [0.4, 0.5) is 4.39 Å². The number of benzene rings is 2. The van der Waals surface area contributed by atoms with Crippen LogP contribution in [-0.2, 0) is 6.42 Å². The Bertz CT molecular complexity index is 630. The molecule has 1 N–H and O–H groups in total. The van der Waals surface area contributed by atoms with Gasteiger partial charge in [-0.2, -0.15) is 0 Å². The van der Waals surface area contributed by atoms with Crippen molar-refractivity contribution in [3.63, 3.8) is 0 Å². The summed E-state index contributed by atoms with van der Waals surface area (Å²) in [7, 11) is 0. The van der Waals surface area contributed by atoms with Gasteiger partial charge < -0.3 is 5.32 Å². The van der Waals surface area contributed by atoms with Crippen LogP contribution in [0.25, 0.3) is 0 Å². The van der Waals surface area contributed by atoms with Gasteiger partial charge in [-0.1, -0.05) is 58.7 Å². The molecule has 2 rings (SSSR count). The van der Waals surface area contributed by atoms with Crippen LogP contribution < -0.4 is 5.32 Å². The third-order valence-corrected chi connectivity index (χ3v) is 4.84. The van der Waals surface area contributed by atoms with Crippen molar-refractivity contribution in [3.8, 4) is 0 Å². The molecule has 112 valence electrons. The van der Waals surface area contributed by atoms with Crippen molar-refractivity contribution >= 4 is 27.5 Å². The summed E-state index contributed by atoms with van der Waals surface area (Å²) < 4.78 is 14.4. The fraction of sp³-hybridized carbons (Fsp3) is 0.294. The zero-order chi connectivity index (χ0) is 15.4. The predicted molar refractivity (Wildman–Crippen MR) is 90.4 cm³/mol. The minimum Gasteiger partial charge on any atom is -0.310 e. The van der Waals surface area contributed by atoms with Crippen molar-refractivity contribution in [1.29, 1.82) is 0 Å². The van der Waals surface area contributed by atoms with Crippen LogP contribution in [0.3, 0.4) is 0 Å². The van der Waals surface area contributed by atoms with Crippen molar-refractivity contribution < 1.29 is 4.39 Å². The third kappa shape index (κ3) is 4.06. The number of halogens is 3. The number of nitrogens with one attached hydrogen (secondary N) is 1. The van der Waals surface area contributed by atoms with Crippen molar-refractivity contribution in [2.45, 2.75) is 26.3 Å². The molecule has 0 heterocycles. The highest BCUT2D eigenvalue weighted by Crippen LogP contribution is 2.29. The van der Waals surface area contributed by atoms with Crippen molar-refractivity contribution in [2.24, 2.45) is 0 Å². The molecule has 0 aliphatic heterocycles. The van der Waals surface area contributed by atoms with Crippen molar-refractivity contribution in [1.82, 2.24) is 5.32 Å². The molecule has 4 heteroatoms. The molecule has 0 saturated heterocycles. The lowest BCUT2D eigenvalue weighted by Crippen LogP contribution is -2.23. The smallest absolute Gasteiger partial charge is 0.141 e. The largest absolute Gasteiger partial charge is 0.310 e. The zero-order valence-electron chi connectivity index (χ0n) is 12.1. The monoisotopic (exact) mass is 369 g/mol. The lowest BCUT2D eigenvalue weighted by Gasteiger charge is -2.21. The van der Waals surface area contributed by atoms with Crippen LogP contribution in [0.2, 0.25) is 5.02 Å². The molecule has 0 aromatic heterocycles. The molecule has 0 spiro atoms. The second-order valence-electron chi connectivity index (χ2n) is 5.04. The first-order valence-corrected chi connectivity index (χ1v) is 8.12. The lowest BCUT2D eigenvalue weighted by atomic mass is 9.97. The Morgan fingerprint density at radius 3 is 2.71 bits per heavy atom. The Morgan fingerprint density at radius 2 is 2.05 bits per heavy atom. The summed E-state index contributed by atoms with van der Waals surface area (Å²) in [5.41, 5.74) is 3.42. The molecule has 1 atom stereocenters. The van der Waals surface area contributed by atoms with Gasteiger partial charge in [0.15, 0.2) is 0 Å². The highest BCUT2D eigenvalue weighted by molar-refractivity contribution is 9.10. The van der Waals surface area contributed by atoms with Crippen LogP contribution in [-0.4, -0.2) is 6.54 Å². The van der Waals surface area contributed by atoms with E-state index in [1.54, 1.807) is 12.1 Å². The van der Waals surface area contributed by atoms with Gasteiger partial charge in [-0.15, -0.1) is 0 Å². The van der Waals surface area contributed by atoms with Crippen molar-refractivity contribution in [2.75, 3.05) is 6.54 Å². The van der Waals surface area contributed by atoms with Gasteiger partial charge in [-0.05, 0) is 48.7 Å². The van der Waals surface area contributed by atoms with E-state index >= 15 is 0 Å². The van der Waals surface area contributed by atoms with E-state index in [2.05, 4.69) is 53.3 Å². The summed E-state index contributed by atoms with van der Waals surface area (Å²) in [4.78, 5) is 0. The predicted octanol–water partition coefficient (Wildman–Crippen LogP) is 5.44. The van der Waals surface area contributed by atoms with Gasteiger partial charge in [0.25, 0.3) is 0 Å². The average molecular weight is 371 g/mol. The number of rotatable bonds is 5. The van der Waals surface area contributed by atoms with E-state index in [1.807, 2.05) is 0 Å². The fourth-order valence-electron chi connectivity index (χ4n) is 2.38. The van der Waals surface area contributed by atoms with E-state index < -0.39 is 0 Å². The molecule has 21 heavy (non-hydrogen) atoms. The Kier molecular flexibility index (Phi) is 5.80. The summed E-state index contributed by atoms with van der Waals surface area (Å²) in [6, 6.07) is 11.3. The van der Waals surface area contributed by atoms with Gasteiger partial charge in [0.1, 0.15) is 5.82 Å². The number of aryl methyl sites for hydroxylation is 1. The molecule has 0 amide bonds. The standard InChI is InChI=1S/C17H18BrClFN/c1-3-21-16(13-6-4-5-11(2)17(13)18)10-12-7-8-15(20)14(19)9-12/h4-9,16,21H,3,10H2,1-2H3. The van der Waals surface area contributed by atoms with Crippen molar-refractivity contribution in [3.05, 3.63) is 68.4 Å². The molecule has 1 nitrogen and oxygen atoms in total. The lowest BCUT2D eigenvalue weighted by molar-refractivity contribution is 0.546. The highest BCUT2D eigenvalue weighted by atomic mass is 79.9.